The molecule has 0 unspecified atom stereocenters. The molecule has 2 aliphatic rings. The quantitative estimate of drug-likeness (QED) is 0.782. The number of halogens is 3. The van der Waals surface area contributed by atoms with E-state index in [1.807, 2.05) is 4.31 Å². The average molecular weight is 291 g/mol. The number of carbonyl (C=O) groups is 1. The summed E-state index contributed by atoms with van der Waals surface area (Å²) in [5.74, 6) is 0.282. The molecule has 2 heterocycles. The van der Waals surface area contributed by atoms with Crippen molar-refractivity contribution in [3.8, 4) is 0 Å². The van der Waals surface area contributed by atoms with Gasteiger partial charge in [-0.25, -0.2) is 4.31 Å². The predicted octanol–water partition coefficient (Wildman–Crippen LogP) is 2.11. The van der Waals surface area contributed by atoms with Gasteiger partial charge in [0.05, 0.1) is 0 Å². The molecule has 1 aliphatic heterocycles. The minimum atomic E-state index is -4.41. The molecule has 0 aromatic carbocycles. The number of aromatic nitrogens is 2. The van der Waals surface area contributed by atoms with Crippen molar-refractivity contribution in [3.63, 3.8) is 0 Å². The Morgan fingerprint density at radius 3 is 2.47 bits per heavy atom. The van der Waals surface area contributed by atoms with Gasteiger partial charge in [-0.15, -0.1) is 0 Å². The third kappa shape index (κ3) is 2.27. The van der Waals surface area contributed by atoms with E-state index >= 15 is 0 Å². The molecule has 104 valence electrons. The first-order chi connectivity index (χ1) is 8.77. The smallest absolute Gasteiger partial charge is 0.300 e. The van der Waals surface area contributed by atoms with Crippen LogP contribution in [0.4, 0.5) is 13.2 Å². The van der Waals surface area contributed by atoms with Gasteiger partial charge in [0.15, 0.2) is 5.69 Å². The van der Waals surface area contributed by atoms with Gasteiger partial charge in [0.1, 0.15) is 10.8 Å². The molecule has 0 radical (unpaired) electrons. The van der Waals surface area contributed by atoms with Gasteiger partial charge < -0.3 is 0 Å². The highest BCUT2D eigenvalue weighted by atomic mass is 32.2. The zero-order valence-electron chi connectivity index (χ0n) is 10.2. The second-order valence-electron chi connectivity index (χ2n) is 5.27. The van der Waals surface area contributed by atoms with Gasteiger partial charge in [0.2, 0.25) is 0 Å². The van der Waals surface area contributed by atoms with Crippen LogP contribution in [-0.4, -0.2) is 33.0 Å². The van der Waals surface area contributed by atoms with Crippen molar-refractivity contribution in [2.75, 3.05) is 13.1 Å². The van der Waals surface area contributed by atoms with E-state index < -0.39 is 11.9 Å². The van der Waals surface area contributed by atoms with Crippen LogP contribution in [0.2, 0.25) is 0 Å². The summed E-state index contributed by atoms with van der Waals surface area (Å²) in [5.41, 5.74) is -0.762. The maximum absolute atomic E-state index is 12.5. The van der Waals surface area contributed by atoms with Gasteiger partial charge in [-0.3, -0.25) is 9.48 Å². The molecule has 1 saturated heterocycles. The highest BCUT2D eigenvalue weighted by Gasteiger charge is 2.52. The molecule has 0 atom stereocenters. The average Bonchev–Trinajstić information content (AvgIpc) is 2.54. The van der Waals surface area contributed by atoms with Crippen molar-refractivity contribution in [1.82, 2.24) is 14.1 Å². The van der Waals surface area contributed by atoms with Crippen LogP contribution in [0.5, 0.6) is 0 Å². The zero-order valence-corrected chi connectivity index (χ0v) is 11.0. The topological polar surface area (TPSA) is 38.1 Å². The molecule has 1 aromatic rings. The number of carbonyl (C=O) groups excluding carboxylic acids is 1. The summed E-state index contributed by atoms with van der Waals surface area (Å²) in [6.45, 7) is 1.52. The minimum absolute atomic E-state index is 0.107. The summed E-state index contributed by atoms with van der Waals surface area (Å²) in [6, 6.07) is 1.06. The van der Waals surface area contributed by atoms with E-state index in [1.54, 1.807) is 0 Å². The Morgan fingerprint density at radius 1 is 1.37 bits per heavy atom. The third-order valence-electron chi connectivity index (χ3n) is 3.52. The van der Waals surface area contributed by atoms with Crippen molar-refractivity contribution in [2.45, 2.75) is 24.0 Å². The molecule has 1 aliphatic carbocycles. The molecule has 0 bridgehead atoms. The molecule has 0 N–H and O–H groups in total. The van der Waals surface area contributed by atoms with Crippen molar-refractivity contribution in [1.29, 1.82) is 0 Å². The highest BCUT2D eigenvalue weighted by molar-refractivity contribution is 7.97. The summed E-state index contributed by atoms with van der Waals surface area (Å²) in [7, 11) is 1.50. The van der Waals surface area contributed by atoms with E-state index in [1.165, 1.54) is 23.7 Å². The van der Waals surface area contributed by atoms with E-state index in [0.29, 0.717) is 17.9 Å². The van der Waals surface area contributed by atoms with Crippen molar-refractivity contribution in [3.05, 3.63) is 11.8 Å². The SMILES string of the molecule is Cn1nc(C(F)(F)F)cc1SN1CC2(CC(=O)C2)C1. The largest absolute Gasteiger partial charge is 0.435 e. The fourth-order valence-corrected chi connectivity index (χ4v) is 3.85. The summed E-state index contributed by atoms with van der Waals surface area (Å²) in [5, 5.41) is 3.93. The third-order valence-corrected chi connectivity index (χ3v) is 4.60. The number of nitrogens with zero attached hydrogens (tertiary/aromatic N) is 3. The summed E-state index contributed by atoms with van der Waals surface area (Å²) < 4.78 is 40.7. The van der Waals surface area contributed by atoms with Crippen LogP contribution in [0.15, 0.2) is 11.1 Å². The number of hydrogen-bond acceptors (Lipinski definition) is 4. The first-order valence-corrected chi connectivity index (χ1v) is 6.61. The van der Waals surface area contributed by atoms with Gasteiger partial charge in [-0.1, -0.05) is 0 Å². The Kier molecular flexibility index (Phi) is 2.72. The molecule has 19 heavy (non-hydrogen) atoms. The van der Waals surface area contributed by atoms with E-state index in [2.05, 4.69) is 5.10 Å². The first-order valence-electron chi connectivity index (χ1n) is 5.83. The lowest BCUT2D eigenvalue weighted by atomic mass is 9.64. The molecule has 0 amide bonds. The Morgan fingerprint density at radius 2 is 2.00 bits per heavy atom. The van der Waals surface area contributed by atoms with Gasteiger partial charge in [0, 0.05) is 44.5 Å². The van der Waals surface area contributed by atoms with Crippen LogP contribution < -0.4 is 0 Å². The number of ketones is 1. The van der Waals surface area contributed by atoms with Crippen LogP contribution in [0.3, 0.4) is 0 Å². The van der Waals surface area contributed by atoms with Gasteiger partial charge >= 0.3 is 6.18 Å². The van der Waals surface area contributed by atoms with Crippen molar-refractivity contribution >= 4 is 17.7 Å². The lowest BCUT2D eigenvalue weighted by Crippen LogP contribution is -2.59. The molecule has 3 rings (SSSR count). The van der Waals surface area contributed by atoms with Gasteiger partial charge in [-0.05, 0) is 11.9 Å². The van der Waals surface area contributed by atoms with Crippen LogP contribution >= 0.6 is 11.9 Å². The standard InChI is InChI=1S/C11H12F3N3OS/c1-16-9(2-8(15-16)11(12,13)14)19-17-5-10(6-17)3-7(18)4-10/h2H,3-6H2,1H3. The minimum Gasteiger partial charge on any atom is -0.300 e. The van der Waals surface area contributed by atoms with Gasteiger partial charge in [0.25, 0.3) is 0 Å². The van der Waals surface area contributed by atoms with Crippen LogP contribution in [0.25, 0.3) is 0 Å². The molecule has 4 nitrogen and oxygen atoms in total. The maximum Gasteiger partial charge on any atom is 0.435 e. The summed E-state index contributed by atoms with van der Waals surface area (Å²) >= 11 is 1.27. The number of rotatable bonds is 2. The fraction of sp³-hybridized carbons (Fsp3) is 0.636. The van der Waals surface area contributed by atoms with Crippen molar-refractivity contribution < 1.29 is 18.0 Å². The lowest BCUT2D eigenvalue weighted by molar-refractivity contribution is -0.141. The highest BCUT2D eigenvalue weighted by Crippen LogP contribution is 2.49. The second-order valence-corrected chi connectivity index (χ2v) is 6.39. The Labute approximate surface area is 112 Å². The van der Waals surface area contributed by atoms with E-state index in [9.17, 15) is 18.0 Å². The number of alkyl halides is 3. The molecular formula is C11H12F3N3OS. The molecule has 8 heteroatoms. The number of aryl methyl sites for hydroxylation is 1. The van der Waals surface area contributed by atoms with Crippen LogP contribution in [0, 0.1) is 5.41 Å². The number of hydrogen-bond donors (Lipinski definition) is 0. The van der Waals surface area contributed by atoms with E-state index in [-0.39, 0.29) is 11.2 Å². The Hall–Kier alpha value is -1.02. The fourth-order valence-electron chi connectivity index (χ4n) is 2.58. The molecule has 1 saturated carbocycles. The Bertz CT molecular complexity index is 524. The monoisotopic (exact) mass is 291 g/mol. The molecule has 1 spiro atoms. The van der Waals surface area contributed by atoms with Crippen molar-refractivity contribution in [2.24, 2.45) is 12.5 Å². The predicted molar refractivity (Wildman–Crippen MR) is 62.3 cm³/mol. The lowest BCUT2D eigenvalue weighted by Gasteiger charge is -2.53. The van der Waals surface area contributed by atoms with Gasteiger partial charge in [-0.2, -0.15) is 18.3 Å². The first kappa shape index (κ1) is 13.0. The zero-order chi connectivity index (χ0) is 13.8. The van der Waals surface area contributed by atoms with E-state index in [0.717, 1.165) is 19.2 Å². The summed E-state index contributed by atoms with van der Waals surface area (Å²) in [6.07, 6.45) is -3.18. The number of Topliss-reactive ketones (excluding diaryl/α,β-unsaturated/α-hetero) is 1. The summed E-state index contributed by atoms with van der Waals surface area (Å²) in [4.78, 5) is 11.0. The molecule has 1 aromatic heterocycles. The maximum atomic E-state index is 12.5. The Balaban J connectivity index is 1.62. The van der Waals surface area contributed by atoms with Crippen LogP contribution in [-0.2, 0) is 18.0 Å². The molecular weight excluding hydrogens is 279 g/mol. The van der Waals surface area contributed by atoms with E-state index in [4.69, 9.17) is 0 Å². The van der Waals surface area contributed by atoms with Crippen LogP contribution in [0.1, 0.15) is 18.5 Å². The normalized spacial score (nSPS) is 22.4. The second kappa shape index (κ2) is 3.99. The molecule has 2 fully saturated rings.